The normalized spacial score (nSPS) is 24.9. The van der Waals surface area contributed by atoms with Crippen molar-refractivity contribution in [2.75, 3.05) is 13.1 Å². The summed E-state index contributed by atoms with van der Waals surface area (Å²) in [4.78, 5) is 30.9. The molecule has 2 aliphatic rings. The van der Waals surface area contributed by atoms with Gasteiger partial charge in [-0.05, 0) is 25.0 Å². The van der Waals surface area contributed by atoms with Crippen molar-refractivity contribution in [3.63, 3.8) is 0 Å². The van der Waals surface area contributed by atoms with Crippen LogP contribution >= 0.6 is 11.6 Å². The number of aromatic nitrogens is 4. The molecule has 0 aliphatic carbocycles. The molecular weight excluding hydrogens is 380 g/mol. The van der Waals surface area contributed by atoms with E-state index >= 15 is 0 Å². The second kappa shape index (κ2) is 7.03. The number of halogens is 3. The fraction of sp³-hybridized carbons (Fsp3) is 0.529. The zero-order valence-corrected chi connectivity index (χ0v) is 15.1. The number of pyridine rings is 1. The third-order valence-electron chi connectivity index (χ3n) is 5.01. The van der Waals surface area contributed by atoms with Crippen molar-refractivity contribution in [2.45, 2.75) is 44.2 Å². The molecule has 2 aromatic heterocycles. The summed E-state index contributed by atoms with van der Waals surface area (Å²) in [5.41, 5.74) is 0.188. The second-order valence-electron chi connectivity index (χ2n) is 6.88. The number of carbonyl (C=O) groups excluding carboxylic acids is 1. The minimum atomic E-state index is -1.67. The Labute approximate surface area is 158 Å². The summed E-state index contributed by atoms with van der Waals surface area (Å²) >= 11 is 5.82. The van der Waals surface area contributed by atoms with Crippen molar-refractivity contribution in [1.29, 1.82) is 0 Å². The second-order valence-corrected chi connectivity index (χ2v) is 7.31. The van der Waals surface area contributed by atoms with E-state index < -0.39 is 30.0 Å². The first-order valence-electron chi connectivity index (χ1n) is 8.79. The van der Waals surface area contributed by atoms with Crippen molar-refractivity contribution in [3.8, 4) is 0 Å². The molecule has 3 atom stereocenters. The van der Waals surface area contributed by atoms with Gasteiger partial charge in [-0.15, -0.1) is 0 Å². The number of nitrogens with zero attached hydrogens (tertiary/aromatic N) is 5. The van der Waals surface area contributed by atoms with E-state index in [1.54, 1.807) is 12.1 Å². The van der Waals surface area contributed by atoms with Crippen LogP contribution in [0.3, 0.4) is 0 Å². The van der Waals surface area contributed by atoms with Crippen LogP contribution in [0.1, 0.15) is 30.4 Å². The van der Waals surface area contributed by atoms with E-state index in [0.717, 1.165) is 0 Å². The molecule has 2 aliphatic heterocycles. The van der Waals surface area contributed by atoms with Gasteiger partial charge in [0.05, 0.1) is 30.4 Å². The smallest absolute Gasteiger partial charge is 0.335 e. The number of likely N-dealkylation sites (tertiary alicyclic amines) is 1. The molecule has 1 amide bonds. The number of rotatable bonds is 3. The van der Waals surface area contributed by atoms with Crippen molar-refractivity contribution in [1.82, 2.24) is 24.2 Å². The lowest BCUT2D eigenvalue weighted by molar-refractivity contribution is -0.134. The van der Waals surface area contributed by atoms with E-state index in [-0.39, 0.29) is 19.6 Å². The highest BCUT2D eigenvalue weighted by atomic mass is 35.5. The summed E-state index contributed by atoms with van der Waals surface area (Å²) in [6, 6.07) is 2.60. The monoisotopic (exact) mass is 397 g/mol. The van der Waals surface area contributed by atoms with Crippen LogP contribution in [-0.2, 0) is 17.8 Å². The molecule has 7 nitrogen and oxygen atoms in total. The molecule has 2 aromatic rings. The van der Waals surface area contributed by atoms with Crippen LogP contribution in [0.5, 0.6) is 0 Å². The summed E-state index contributed by atoms with van der Waals surface area (Å²) in [7, 11) is 0. The molecule has 10 heteroatoms. The Kier molecular flexibility index (Phi) is 4.71. The summed E-state index contributed by atoms with van der Waals surface area (Å²) < 4.78 is 29.6. The Morgan fingerprint density at radius 1 is 1.26 bits per heavy atom. The Balaban J connectivity index is 1.61. The Bertz CT molecular complexity index is 903. The van der Waals surface area contributed by atoms with Crippen molar-refractivity contribution < 1.29 is 13.6 Å². The largest absolute Gasteiger partial charge is 0.347 e. The lowest BCUT2D eigenvalue weighted by Crippen LogP contribution is -2.42. The molecule has 0 saturated carbocycles. The standard InChI is InChI=1S/C17H18ClF2N5O2/c18-10-4-5-11(21-6-10)7-24-17(27)25-14(2-1-3-15(25)22-24)16(26)23-8-12(19)13(20)9-23/h4-6,12-14H,1-3,7-9H2/t12-,13+,14-/m0/s1. The van der Waals surface area contributed by atoms with Crippen molar-refractivity contribution >= 4 is 17.5 Å². The predicted molar refractivity (Wildman–Crippen MR) is 93.2 cm³/mol. The molecule has 144 valence electrons. The van der Waals surface area contributed by atoms with E-state index in [2.05, 4.69) is 10.1 Å². The van der Waals surface area contributed by atoms with Crippen molar-refractivity contribution in [3.05, 3.63) is 45.4 Å². The van der Waals surface area contributed by atoms with Gasteiger partial charge in [0, 0.05) is 12.6 Å². The topological polar surface area (TPSA) is 73.0 Å². The number of hydrogen-bond donors (Lipinski definition) is 0. The van der Waals surface area contributed by atoms with Gasteiger partial charge in [0.15, 0.2) is 12.3 Å². The van der Waals surface area contributed by atoms with Crippen molar-refractivity contribution in [2.24, 2.45) is 0 Å². The highest BCUT2D eigenvalue weighted by molar-refractivity contribution is 6.30. The molecule has 1 saturated heterocycles. The quantitative estimate of drug-likeness (QED) is 0.787. The molecule has 4 rings (SSSR count). The lowest BCUT2D eigenvalue weighted by atomic mass is 10.0. The lowest BCUT2D eigenvalue weighted by Gasteiger charge is -2.26. The van der Waals surface area contributed by atoms with Gasteiger partial charge in [0.2, 0.25) is 5.91 Å². The molecule has 4 heterocycles. The summed E-state index contributed by atoms with van der Waals surface area (Å²) in [5.74, 6) is 0.0800. The molecule has 0 bridgehead atoms. The summed E-state index contributed by atoms with van der Waals surface area (Å²) in [6.07, 6.45) is -0.172. The Morgan fingerprint density at radius 3 is 2.67 bits per heavy atom. The highest BCUT2D eigenvalue weighted by Gasteiger charge is 2.40. The van der Waals surface area contributed by atoms with Crippen LogP contribution in [0.25, 0.3) is 0 Å². The first kappa shape index (κ1) is 18.1. The fourth-order valence-electron chi connectivity index (χ4n) is 3.64. The average Bonchev–Trinajstić information content (AvgIpc) is 3.16. The molecule has 0 aromatic carbocycles. The van der Waals surface area contributed by atoms with Crippen LogP contribution in [-0.4, -0.2) is 55.6 Å². The number of carbonyl (C=O) groups is 1. The van der Waals surface area contributed by atoms with E-state index in [4.69, 9.17) is 11.6 Å². The van der Waals surface area contributed by atoms with Gasteiger partial charge < -0.3 is 4.90 Å². The minimum Gasteiger partial charge on any atom is -0.335 e. The van der Waals surface area contributed by atoms with Gasteiger partial charge in [0.25, 0.3) is 0 Å². The predicted octanol–water partition coefficient (Wildman–Crippen LogP) is 1.54. The van der Waals surface area contributed by atoms with E-state index in [1.807, 2.05) is 0 Å². The van der Waals surface area contributed by atoms with Crippen LogP contribution < -0.4 is 5.69 Å². The number of amides is 1. The molecule has 27 heavy (non-hydrogen) atoms. The maximum absolute atomic E-state index is 13.5. The third kappa shape index (κ3) is 3.36. The van der Waals surface area contributed by atoms with Crippen LogP contribution in [0.4, 0.5) is 8.78 Å². The van der Waals surface area contributed by atoms with Gasteiger partial charge >= 0.3 is 5.69 Å². The maximum atomic E-state index is 13.5. The SMILES string of the molecule is O=C([C@@H]1CCCc2nn(Cc3ccc(Cl)cn3)c(=O)n21)N1C[C@@H](F)[C@@H](F)C1. The molecule has 1 fully saturated rings. The van der Waals surface area contributed by atoms with Crippen LogP contribution in [0.2, 0.25) is 5.02 Å². The zero-order valence-electron chi connectivity index (χ0n) is 14.4. The molecule has 0 radical (unpaired) electrons. The van der Waals surface area contributed by atoms with Gasteiger partial charge in [-0.2, -0.15) is 5.10 Å². The van der Waals surface area contributed by atoms with Gasteiger partial charge in [-0.3, -0.25) is 14.3 Å². The maximum Gasteiger partial charge on any atom is 0.347 e. The highest BCUT2D eigenvalue weighted by Crippen LogP contribution is 2.27. The van der Waals surface area contributed by atoms with E-state index in [9.17, 15) is 18.4 Å². The molecule has 0 spiro atoms. The Morgan fingerprint density at radius 2 is 2.00 bits per heavy atom. The summed E-state index contributed by atoms with van der Waals surface area (Å²) in [5, 5.41) is 4.82. The van der Waals surface area contributed by atoms with Gasteiger partial charge in [-0.1, -0.05) is 11.6 Å². The van der Waals surface area contributed by atoms with Gasteiger partial charge in [-0.25, -0.2) is 18.3 Å². The summed E-state index contributed by atoms with van der Waals surface area (Å²) in [6.45, 7) is -0.396. The first-order chi connectivity index (χ1) is 12.9. The van der Waals surface area contributed by atoms with E-state index in [1.165, 1.54) is 20.3 Å². The van der Waals surface area contributed by atoms with Crippen LogP contribution in [0.15, 0.2) is 23.1 Å². The molecule has 0 N–H and O–H groups in total. The molecule has 0 unspecified atom stereocenters. The third-order valence-corrected chi connectivity index (χ3v) is 5.23. The fourth-order valence-corrected chi connectivity index (χ4v) is 3.75. The Hall–Kier alpha value is -2.29. The zero-order chi connectivity index (χ0) is 19.1. The number of alkyl halides is 2. The number of hydrogen-bond acceptors (Lipinski definition) is 4. The minimum absolute atomic E-state index is 0.153. The molecular formula is C17H18ClF2N5O2. The van der Waals surface area contributed by atoms with E-state index in [0.29, 0.717) is 35.8 Å². The number of aryl methyl sites for hydroxylation is 1. The first-order valence-corrected chi connectivity index (χ1v) is 9.17. The average molecular weight is 398 g/mol. The number of fused-ring (bicyclic) bond motifs is 1. The van der Waals surface area contributed by atoms with Crippen LogP contribution in [0, 0.1) is 0 Å². The van der Waals surface area contributed by atoms with Gasteiger partial charge in [0.1, 0.15) is 11.9 Å².